The molecule has 1 fully saturated rings. The van der Waals surface area contributed by atoms with Crippen LogP contribution in [0.5, 0.6) is 5.75 Å². The van der Waals surface area contributed by atoms with Crippen LogP contribution in [0.1, 0.15) is 12.8 Å². The van der Waals surface area contributed by atoms with Gasteiger partial charge < -0.3 is 10.5 Å². The molecule has 1 heterocycles. The first-order chi connectivity index (χ1) is 10.5. The standard InChI is InChI=1S/C13H17ClN4O4/c14-11-2-1-10(7-12(11)18(20)21)22-8-13(19)16-17-5-3-9(15)4-6-17/h1-2,7,9H,3-6,8,15H2,(H,16,19). The van der Waals surface area contributed by atoms with Crippen molar-refractivity contribution >= 4 is 23.2 Å². The Labute approximate surface area is 132 Å². The summed E-state index contributed by atoms with van der Waals surface area (Å²) in [5.74, 6) is -0.111. The second kappa shape index (κ2) is 7.39. The van der Waals surface area contributed by atoms with Gasteiger partial charge in [-0.3, -0.25) is 20.3 Å². The van der Waals surface area contributed by atoms with Gasteiger partial charge >= 0.3 is 0 Å². The Morgan fingerprint density at radius 2 is 2.18 bits per heavy atom. The second-order valence-corrected chi connectivity index (χ2v) is 5.43. The molecule has 0 bridgehead atoms. The first-order valence-corrected chi connectivity index (χ1v) is 7.20. The third-order valence-corrected chi connectivity index (χ3v) is 3.63. The summed E-state index contributed by atoms with van der Waals surface area (Å²) in [6, 6.07) is 4.20. The van der Waals surface area contributed by atoms with Crippen LogP contribution in [0.25, 0.3) is 0 Å². The maximum atomic E-state index is 11.8. The van der Waals surface area contributed by atoms with Crippen LogP contribution in [0.3, 0.4) is 0 Å². The quantitative estimate of drug-likeness (QED) is 0.618. The van der Waals surface area contributed by atoms with E-state index in [9.17, 15) is 14.9 Å². The molecule has 1 aromatic rings. The number of carbonyl (C=O) groups excluding carboxylic acids is 1. The normalized spacial score (nSPS) is 16.3. The second-order valence-electron chi connectivity index (χ2n) is 5.02. The van der Waals surface area contributed by atoms with E-state index >= 15 is 0 Å². The Morgan fingerprint density at radius 1 is 1.50 bits per heavy atom. The molecular formula is C13H17ClN4O4. The molecule has 0 aromatic heterocycles. The number of rotatable bonds is 5. The van der Waals surface area contributed by atoms with Crippen molar-refractivity contribution in [2.75, 3.05) is 19.7 Å². The highest BCUT2D eigenvalue weighted by atomic mass is 35.5. The number of halogens is 1. The third kappa shape index (κ3) is 4.55. The van der Waals surface area contributed by atoms with Crippen LogP contribution in [0.15, 0.2) is 18.2 Å². The van der Waals surface area contributed by atoms with Crippen molar-refractivity contribution in [1.82, 2.24) is 10.4 Å². The fraction of sp³-hybridized carbons (Fsp3) is 0.462. The van der Waals surface area contributed by atoms with E-state index in [1.54, 1.807) is 5.01 Å². The number of nitrogens with two attached hydrogens (primary N) is 1. The molecule has 1 aliphatic heterocycles. The topological polar surface area (TPSA) is 111 Å². The van der Waals surface area contributed by atoms with E-state index in [2.05, 4.69) is 5.43 Å². The van der Waals surface area contributed by atoms with Gasteiger partial charge in [0.1, 0.15) is 10.8 Å². The van der Waals surface area contributed by atoms with Crippen LogP contribution in [-0.4, -0.2) is 41.6 Å². The lowest BCUT2D eigenvalue weighted by molar-refractivity contribution is -0.384. The lowest BCUT2D eigenvalue weighted by atomic mass is 10.1. The molecule has 1 aliphatic rings. The zero-order chi connectivity index (χ0) is 16.1. The molecule has 120 valence electrons. The van der Waals surface area contributed by atoms with Gasteiger partial charge in [0.2, 0.25) is 0 Å². The van der Waals surface area contributed by atoms with Gasteiger partial charge in [-0.2, -0.15) is 0 Å². The first kappa shape index (κ1) is 16.5. The zero-order valence-corrected chi connectivity index (χ0v) is 12.6. The summed E-state index contributed by atoms with van der Waals surface area (Å²) in [6.07, 6.45) is 1.65. The summed E-state index contributed by atoms with van der Waals surface area (Å²) < 4.78 is 5.25. The van der Waals surface area contributed by atoms with Crippen LogP contribution >= 0.6 is 11.6 Å². The molecule has 8 nitrogen and oxygen atoms in total. The predicted octanol–water partition coefficient (Wildman–Crippen LogP) is 1.08. The molecule has 0 radical (unpaired) electrons. The average Bonchev–Trinajstić information content (AvgIpc) is 2.48. The maximum absolute atomic E-state index is 11.8. The molecule has 1 saturated heterocycles. The molecule has 3 N–H and O–H groups in total. The molecule has 2 rings (SSSR count). The molecule has 22 heavy (non-hydrogen) atoms. The Kier molecular flexibility index (Phi) is 5.53. The molecule has 0 unspecified atom stereocenters. The zero-order valence-electron chi connectivity index (χ0n) is 11.8. The largest absolute Gasteiger partial charge is 0.483 e. The van der Waals surface area contributed by atoms with E-state index in [4.69, 9.17) is 22.1 Å². The summed E-state index contributed by atoms with van der Waals surface area (Å²) >= 11 is 5.70. The SMILES string of the molecule is NC1CCN(NC(=O)COc2ccc(Cl)c([N+](=O)[O-])c2)CC1. The highest BCUT2D eigenvalue weighted by Gasteiger charge is 2.18. The fourth-order valence-corrected chi connectivity index (χ4v) is 2.28. The van der Waals surface area contributed by atoms with Crippen LogP contribution in [0.4, 0.5) is 5.69 Å². The van der Waals surface area contributed by atoms with Crippen LogP contribution in [-0.2, 0) is 4.79 Å². The van der Waals surface area contributed by atoms with E-state index in [1.807, 2.05) is 0 Å². The number of nitrogens with one attached hydrogen (secondary N) is 1. The number of ether oxygens (including phenoxy) is 1. The summed E-state index contributed by atoms with van der Waals surface area (Å²) in [4.78, 5) is 21.9. The molecule has 1 amide bonds. The Morgan fingerprint density at radius 3 is 2.82 bits per heavy atom. The molecule has 9 heteroatoms. The number of amides is 1. The summed E-state index contributed by atoms with van der Waals surface area (Å²) in [5.41, 5.74) is 8.24. The number of piperidine rings is 1. The van der Waals surface area contributed by atoms with E-state index < -0.39 is 4.92 Å². The third-order valence-electron chi connectivity index (χ3n) is 3.31. The van der Waals surface area contributed by atoms with Crippen molar-refractivity contribution in [3.8, 4) is 5.75 Å². The molecular weight excluding hydrogens is 312 g/mol. The van der Waals surface area contributed by atoms with Gasteiger partial charge in [-0.15, -0.1) is 0 Å². The van der Waals surface area contributed by atoms with Gasteiger partial charge in [0.25, 0.3) is 11.6 Å². The maximum Gasteiger partial charge on any atom is 0.291 e. The van der Waals surface area contributed by atoms with E-state index in [-0.39, 0.29) is 35.0 Å². The smallest absolute Gasteiger partial charge is 0.291 e. The number of nitrogens with zero attached hydrogens (tertiary/aromatic N) is 2. The first-order valence-electron chi connectivity index (χ1n) is 6.82. The lowest BCUT2D eigenvalue weighted by Gasteiger charge is -2.30. The number of hydrogen-bond acceptors (Lipinski definition) is 6. The van der Waals surface area contributed by atoms with Crippen LogP contribution in [0.2, 0.25) is 5.02 Å². The summed E-state index contributed by atoms with van der Waals surface area (Å²) in [6.45, 7) is 1.15. The monoisotopic (exact) mass is 328 g/mol. The fourth-order valence-electron chi connectivity index (χ4n) is 2.09. The van der Waals surface area contributed by atoms with Crippen molar-refractivity contribution < 1.29 is 14.5 Å². The number of benzene rings is 1. The Balaban J connectivity index is 1.83. The van der Waals surface area contributed by atoms with Gasteiger partial charge in [0.15, 0.2) is 6.61 Å². The van der Waals surface area contributed by atoms with Gasteiger partial charge in [0, 0.05) is 19.1 Å². The Hall–Kier alpha value is -1.90. The van der Waals surface area contributed by atoms with Gasteiger partial charge in [-0.25, -0.2) is 5.01 Å². The van der Waals surface area contributed by atoms with E-state index in [0.29, 0.717) is 13.1 Å². The predicted molar refractivity (Wildman–Crippen MR) is 80.5 cm³/mol. The van der Waals surface area contributed by atoms with Crippen molar-refractivity contribution in [1.29, 1.82) is 0 Å². The molecule has 0 aliphatic carbocycles. The number of carbonyl (C=O) groups is 1. The lowest BCUT2D eigenvalue weighted by Crippen LogP contribution is -2.50. The van der Waals surface area contributed by atoms with Crippen molar-refractivity contribution in [2.24, 2.45) is 5.73 Å². The summed E-state index contributed by atoms with van der Waals surface area (Å²) in [5, 5.41) is 12.6. The minimum atomic E-state index is -0.605. The molecule has 1 aromatic carbocycles. The minimum absolute atomic E-state index is 0.0199. The van der Waals surface area contributed by atoms with Crippen LogP contribution < -0.4 is 15.9 Å². The molecule has 0 spiro atoms. The number of hydrazine groups is 1. The number of nitro benzene ring substituents is 1. The Bertz CT molecular complexity index is 561. The highest BCUT2D eigenvalue weighted by molar-refractivity contribution is 6.32. The minimum Gasteiger partial charge on any atom is -0.483 e. The average molecular weight is 329 g/mol. The molecule has 0 saturated carbocycles. The molecule has 0 atom stereocenters. The summed E-state index contributed by atoms with van der Waals surface area (Å²) in [7, 11) is 0. The van der Waals surface area contributed by atoms with Crippen LogP contribution in [0, 0.1) is 10.1 Å². The van der Waals surface area contributed by atoms with Gasteiger partial charge in [-0.1, -0.05) is 11.6 Å². The van der Waals surface area contributed by atoms with Gasteiger partial charge in [0.05, 0.1) is 11.0 Å². The van der Waals surface area contributed by atoms with E-state index in [0.717, 1.165) is 12.8 Å². The number of hydrogen-bond donors (Lipinski definition) is 2. The highest BCUT2D eigenvalue weighted by Crippen LogP contribution is 2.28. The van der Waals surface area contributed by atoms with Crippen molar-refractivity contribution in [3.63, 3.8) is 0 Å². The van der Waals surface area contributed by atoms with Gasteiger partial charge in [-0.05, 0) is 25.0 Å². The van der Waals surface area contributed by atoms with Crippen molar-refractivity contribution in [3.05, 3.63) is 33.3 Å². The number of nitro groups is 1. The van der Waals surface area contributed by atoms with Crippen molar-refractivity contribution in [2.45, 2.75) is 18.9 Å². The van der Waals surface area contributed by atoms with E-state index in [1.165, 1.54) is 18.2 Å².